The molecule has 4 nitrogen and oxygen atoms in total. The third-order valence-corrected chi connectivity index (χ3v) is 2.96. The number of ether oxygens (including phenoxy) is 1. The topological polar surface area (TPSA) is 51.4 Å². The van der Waals surface area contributed by atoms with Gasteiger partial charge < -0.3 is 15.4 Å². The molecule has 16 heavy (non-hydrogen) atoms. The van der Waals surface area contributed by atoms with Crippen molar-refractivity contribution in [3.8, 4) is 0 Å². The highest BCUT2D eigenvalue weighted by Gasteiger charge is 2.25. The van der Waals surface area contributed by atoms with Crippen molar-refractivity contribution in [1.82, 2.24) is 4.98 Å². The lowest BCUT2D eigenvalue weighted by Gasteiger charge is -2.38. The van der Waals surface area contributed by atoms with E-state index >= 15 is 0 Å². The van der Waals surface area contributed by atoms with Gasteiger partial charge in [0.2, 0.25) is 0 Å². The maximum absolute atomic E-state index is 5.64. The Balaban J connectivity index is 2.14. The minimum atomic E-state index is 0.124. The van der Waals surface area contributed by atoms with Gasteiger partial charge in [-0.05, 0) is 25.5 Å². The molecule has 2 heterocycles. The molecule has 0 amide bonds. The lowest BCUT2D eigenvalue weighted by Crippen LogP contribution is -2.51. The van der Waals surface area contributed by atoms with E-state index in [9.17, 15) is 0 Å². The first kappa shape index (κ1) is 11.4. The van der Waals surface area contributed by atoms with Crippen LogP contribution in [0, 0.1) is 6.92 Å². The molecule has 2 unspecified atom stereocenters. The van der Waals surface area contributed by atoms with Crippen LogP contribution in [0.2, 0.25) is 0 Å². The van der Waals surface area contributed by atoms with Gasteiger partial charge >= 0.3 is 0 Å². The molecule has 1 aromatic rings. The van der Waals surface area contributed by atoms with Gasteiger partial charge in [0.1, 0.15) is 5.82 Å². The van der Waals surface area contributed by atoms with Gasteiger partial charge in [-0.15, -0.1) is 0 Å². The van der Waals surface area contributed by atoms with Gasteiger partial charge in [-0.1, -0.05) is 6.07 Å². The van der Waals surface area contributed by atoms with E-state index in [0.29, 0.717) is 12.6 Å². The highest BCUT2D eigenvalue weighted by Crippen LogP contribution is 2.19. The van der Waals surface area contributed by atoms with Gasteiger partial charge in [-0.25, -0.2) is 4.98 Å². The predicted molar refractivity (Wildman–Crippen MR) is 64.6 cm³/mol. The van der Waals surface area contributed by atoms with Crippen molar-refractivity contribution in [1.29, 1.82) is 0 Å². The van der Waals surface area contributed by atoms with Crippen molar-refractivity contribution >= 4 is 5.82 Å². The number of pyridine rings is 1. The number of rotatable bonds is 2. The molecular weight excluding hydrogens is 202 g/mol. The molecule has 0 spiro atoms. The van der Waals surface area contributed by atoms with E-state index in [2.05, 4.69) is 28.9 Å². The summed E-state index contributed by atoms with van der Waals surface area (Å²) in [5.74, 6) is 1.01. The summed E-state index contributed by atoms with van der Waals surface area (Å²) >= 11 is 0. The van der Waals surface area contributed by atoms with Crippen LogP contribution in [0.3, 0.4) is 0 Å². The molecule has 2 atom stereocenters. The Labute approximate surface area is 96.4 Å². The van der Waals surface area contributed by atoms with Gasteiger partial charge in [-0.2, -0.15) is 0 Å². The summed E-state index contributed by atoms with van der Waals surface area (Å²) in [6.45, 7) is 6.30. The summed E-state index contributed by atoms with van der Waals surface area (Å²) in [4.78, 5) is 6.72. The number of morpholine rings is 1. The second-order valence-corrected chi connectivity index (χ2v) is 4.39. The Morgan fingerprint density at radius 2 is 2.38 bits per heavy atom. The van der Waals surface area contributed by atoms with E-state index in [1.54, 1.807) is 0 Å². The summed E-state index contributed by atoms with van der Waals surface area (Å²) in [5.41, 5.74) is 6.82. The molecule has 1 saturated heterocycles. The number of anilines is 1. The molecule has 1 aliphatic heterocycles. The lowest BCUT2D eigenvalue weighted by molar-refractivity contribution is 0.0280. The zero-order chi connectivity index (χ0) is 11.5. The predicted octanol–water partition coefficient (Wildman–Crippen LogP) is 0.942. The van der Waals surface area contributed by atoms with Gasteiger partial charge in [-0.3, -0.25) is 0 Å². The fraction of sp³-hybridized carbons (Fsp3) is 0.583. The summed E-state index contributed by atoms with van der Waals surface area (Å²) < 4.78 is 5.62. The van der Waals surface area contributed by atoms with E-state index in [4.69, 9.17) is 10.5 Å². The maximum Gasteiger partial charge on any atom is 0.128 e. The number of nitrogens with two attached hydrogens (primary N) is 1. The lowest BCUT2D eigenvalue weighted by atomic mass is 10.2. The molecule has 88 valence electrons. The van der Waals surface area contributed by atoms with Crippen LogP contribution < -0.4 is 10.6 Å². The highest BCUT2D eigenvalue weighted by atomic mass is 16.5. The first-order chi connectivity index (χ1) is 7.70. The minimum Gasteiger partial charge on any atom is -0.373 e. The smallest absolute Gasteiger partial charge is 0.128 e. The zero-order valence-electron chi connectivity index (χ0n) is 9.89. The molecule has 0 aromatic carbocycles. The fourth-order valence-corrected chi connectivity index (χ4v) is 1.91. The van der Waals surface area contributed by atoms with E-state index in [0.717, 1.165) is 19.0 Å². The molecule has 4 heteroatoms. The number of aromatic nitrogens is 1. The molecule has 0 aliphatic carbocycles. The monoisotopic (exact) mass is 221 g/mol. The highest BCUT2D eigenvalue weighted by molar-refractivity contribution is 5.41. The largest absolute Gasteiger partial charge is 0.373 e. The number of hydrogen-bond donors (Lipinski definition) is 1. The third kappa shape index (κ3) is 2.33. The van der Waals surface area contributed by atoms with Crippen molar-refractivity contribution in [3.05, 3.63) is 23.9 Å². The van der Waals surface area contributed by atoms with E-state index in [1.807, 2.05) is 13.1 Å². The normalized spacial score (nSPS) is 25.8. The average Bonchev–Trinajstić information content (AvgIpc) is 2.31. The second kappa shape index (κ2) is 4.80. The second-order valence-electron chi connectivity index (χ2n) is 4.39. The van der Waals surface area contributed by atoms with E-state index < -0.39 is 0 Å². The standard InChI is InChI=1S/C12H19N3O/c1-9-3-4-12(14-6-9)15-7-11(5-13)16-8-10(15)2/h3-4,6,10-11H,5,7-8,13H2,1-2H3. The molecule has 2 N–H and O–H groups in total. The van der Waals surface area contributed by atoms with E-state index in [-0.39, 0.29) is 6.10 Å². The molecule has 0 saturated carbocycles. The van der Waals surface area contributed by atoms with Crippen molar-refractivity contribution < 1.29 is 4.74 Å². The molecule has 1 fully saturated rings. The number of aryl methyl sites for hydroxylation is 1. The number of hydrogen-bond acceptors (Lipinski definition) is 4. The fourth-order valence-electron chi connectivity index (χ4n) is 1.91. The SMILES string of the molecule is Cc1ccc(N2CC(CN)OCC2C)nc1. The number of nitrogens with zero attached hydrogens (tertiary/aromatic N) is 2. The average molecular weight is 221 g/mol. The molecule has 2 rings (SSSR count). The maximum atomic E-state index is 5.64. The zero-order valence-corrected chi connectivity index (χ0v) is 9.89. The molecule has 1 aromatic heterocycles. The first-order valence-corrected chi connectivity index (χ1v) is 5.71. The van der Waals surface area contributed by atoms with Crippen LogP contribution in [-0.4, -0.2) is 36.8 Å². The van der Waals surface area contributed by atoms with Crippen molar-refractivity contribution in [2.24, 2.45) is 5.73 Å². The van der Waals surface area contributed by atoms with Crippen molar-refractivity contribution in [3.63, 3.8) is 0 Å². The van der Waals surface area contributed by atoms with Crippen LogP contribution in [0.25, 0.3) is 0 Å². The molecular formula is C12H19N3O. The van der Waals surface area contributed by atoms with Crippen LogP contribution in [0.15, 0.2) is 18.3 Å². The van der Waals surface area contributed by atoms with Crippen LogP contribution in [0.5, 0.6) is 0 Å². The van der Waals surface area contributed by atoms with Crippen LogP contribution in [0.1, 0.15) is 12.5 Å². The first-order valence-electron chi connectivity index (χ1n) is 5.71. The molecule has 0 bridgehead atoms. The summed E-state index contributed by atoms with van der Waals surface area (Å²) in [6, 6.07) is 4.50. The van der Waals surface area contributed by atoms with E-state index in [1.165, 1.54) is 5.56 Å². The Hall–Kier alpha value is -1.13. The Bertz CT molecular complexity index is 339. The van der Waals surface area contributed by atoms with Crippen molar-refractivity contribution in [2.45, 2.75) is 26.0 Å². The minimum absolute atomic E-state index is 0.124. The quantitative estimate of drug-likeness (QED) is 0.807. The Kier molecular flexibility index (Phi) is 3.41. The Morgan fingerprint density at radius 1 is 1.56 bits per heavy atom. The van der Waals surface area contributed by atoms with Crippen LogP contribution in [0.4, 0.5) is 5.82 Å². The molecule has 0 radical (unpaired) electrons. The van der Waals surface area contributed by atoms with Gasteiger partial charge in [0.15, 0.2) is 0 Å². The Morgan fingerprint density at radius 3 is 3.00 bits per heavy atom. The van der Waals surface area contributed by atoms with Gasteiger partial charge in [0.25, 0.3) is 0 Å². The summed E-state index contributed by atoms with van der Waals surface area (Å²) in [5, 5.41) is 0. The van der Waals surface area contributed by atoms with Crippen molar-refractivity contribution in [2.75, 3.05) is 24.6 Å². The summed E-state index contributed by atoms with van der Waals surface area (Å²) in [7, 11) is 0. The van der Waals surface area contributed by atoms with Gasteiger partial charge in [0, 0.05) is 19.3 Å². The van der Waals surface area contributed by atoms with Gasteiger partial charge in [0.05, 0.1) is 18.8 Å². The van der Waals surface area contributed by atoms with Crippen LogP contribution >= 0.6 is 0 Å². The third-order valence-electron chi connectivity index (χ3n) is 2.96. The van der Waals surface area contributed by atoms with Crippen LogP contribution in [-0.2, 0) is 4.74 Å². The molecule has 1 aliphatic rings. The summed E-state index contributed by atoms with van der Waals surface area (Å²) in [6.07, 6.45) is 2.02.